The van der Waals surface area contributed by atoms with Crippen molar-refractivity contribution in [3.8, 4) is 0 Å². The van der Waals surface area contributed by atoms with Crippen LogP contribution in [-0.2, 0) is 7.05 Å². The second-order valence-corrected chi connectivity index (χ2v) is 5.66. The summed E-state index contributed by atoms with van der Waals surface area (Å²) in [7, 11) is 2.06. The monoisotopic (exact) mass is 282 g/mol. The smallest absolute Gasteiger partial charge is 0.143 e. The van der Waals surface area contributed by atoms with E-state index in [1.54, 1.807) is 0 Å². The lowest BCUT2D eigenvalue weighted by Crippen LogP contribution is -2.21. The molecule has 1 unspecified atom stereocenters. The van der Waals surface area contributed by atoms with Crippen LogP contribution in [-0.4, -0.2) is 37.6 Å². The second kappa shape index (κ2) is 4.58. The van der Waals surface area contributed by atoms with E-state index < -0.39 is 0 Å². The molecule has 21 heavy (non-hydrogen) atoms. The van der Waals surface area contributed by atoms with Crippen LogP contribution in [0.15, 0.2) is 24.7 Å². The third kappa shape index (κ3) is 1.98. The minimum atomic E-state index is 0.467. The number of H-pyrrole nitrogens is 1. The van der Waals surface area contributed by atoms with E-state index >= 15 is 0 Å². The minimum absolute atomic E-state index is 0.467. The number of aryl methyl sites for hydroxylation is 2. The van der Waals surface area contributed by atoms with Gasteiger partial charge in [0.15, 0.2) is 0 Å². The lowest BCUT2D eigenvalue weighted by atomic mass is 10.1. The van der Waals surface area contributed by atoms with E-state index in [0.717, 1.165) is 48.0 Å². The first kappa shape index (κ1) is 12.4. The number of hydrogen-bond donors (Lipinski definition) is 1. The zero-order valence-corrected chi connectivity index (χ0v) is 12.2. The topological polar surface area (TPSA) is 62.6 Å². The Morgan fingerprint density at radius 2 is 2.24 bits per heavy atom. The molecule has 3 aromatic rings. The molecule has 6 nitrogen and oxygen atoms in total. The molecule has 1 aliphatic heterocycles. The fourth-order valence-electron chi connectivity index (χ4n) is 3.21. The molecule has 0 aromatic carbocycles. The summed E-state index contributed by atoms with van der Waals surface area (Å²) in [4.78, 5) is 19.1. The highest BCUT2D eigenvalue weighted by atomic mass is 15.2. The summed E-state index contributed by atoms with van der Waals surface area (Å²) in [5.41, 5.74) is 0.915. The van der Waals surface area contributed by atoms with Gasteiger partial charge in [0, 0.05) is 44.6 Å². The van der Waals surface area contributed by atoms with Gasteiger partial charge in [-0.2, -0.15) is 0 Å². The Morgan fingerprint density at radius 1 is 1.33 bits per heavy atom. The summed E-state index contributed by atoms with van der Waals surface area (Å²) in [5.74, 6) is 3.47. The SMILES string of the molecule is Cc1nc(N2CCC(c3nccn3C)C2)c2cc[nH]c2n1. The van der Waals surface area contributed by atoms with Crippen molar-refractivity contribution in [1.29, 1.82) is 0 Å². The van der Waals surface area contributed by atoms with Crippen molar-refractivity contribution in [2.75, 3.05) is 18.0 Å². The van der Waals surface area contributed by atoms with Crippen molar-refractivity contribution in [2.45, 2.75) is 19.3 Å². The van der Waals surface area contributed by atoms with Crippen LogP contribution in [0.5, 0.6) is 0 Å². The lowest BCUT2D eigenvalue weighted by molar-refractivity contribution is 0.665. The Labute approximate surface area is 122 Å². The molecule has 1 fully saturated rings. The summed E-state index contributed by atoms with van der Waals surface area (Å²) in [6, 6.07) is 2.05. The van der Waals surface area contributed by atoms with Gasteiger partial charge in [0.05, 0.1) is 5.39 Å². The molecule has 0 radical (unpaired) electrons. The Kier molecular flexibility index (Phi) is 2.70. The van der Waals surface area contributed by atoms with E-state index in [0.29, 0.717) is 5.92 Å². The van der Waals surface area contributed by atoms with E-state index in [-0.39, 0.29) is 0 Å². The van der Waals surface area contributed by atoms with Crippen LogP contribution in [0.2, 0.25) is 0 Å². The van der Waals surface area contributed by atoms with Crippen LogP contribution in [0.4, 0.5) is 5.82 Å². The standard InChI is InChI=1S/C15H18N6/c1-10-18-13-12(3-5-16-13)15(19-10)21-7-4-11(9-21)14-17-6-8-20(14)2/h3,5-6,8,11H,4,7,9H2,1-2H3,(H,16,18,19). The molecule has 1 saturated heterocycles. The maximum atomic E-state index is 4.66. The molecule has 0 saturated carbocycles. The molecule has 108 valence electrons. The van der Waals surface area contributed by atoms with Crippen LogP contribution in [0.1, 0.15) is 24.0 Å². The Morgan fingerprint density at radius 3 is 3.05 bits per heavy atom. The number of aromatic amines is 1. The van der Waals surface area contributed by atoms with Gasteiger partial charge in [0.25, 0.3) is 0 Å². The zero-order valence-electron chi connectivity index (χ0n) is 12.2. The summed E-state index contributed by atoms with van der Waals surface area (Å²) in [5, 5.41) is 1.10. The van der Waals surface area contributed by atoms with Gasteiger partial charge in [-0.1, -0.05) is 0 Å². The fourth-order valence-corrected chi connectivity index (χ4v) is 3.21. The summed E-state index contributed by atoms with van der Waals surface area (Å²) < 4.78 is 2.12. The van der Waals surface area contributed by atoms with Gasteiger partial charge in [-0.05, 0) is 19.4 Å². The molecule has 4 heterocycles. The quantitative estimate of drug-likeness (QED) is 0.781. The molecule has 0 spiro atoms. The molecule has 6 heteroatoms. The van der Waals surface area contributed by atoms with E-state index in [2.05, 4.69) is 42.5 Å². The molecule has 1 aliphatic rings. The van der Waals surface area contributed by atoms with Gasteiger partial charge < -0.3 is 14.5 Å². The molecule has 1 N–H and O–H groups in total. The summed E-state index contributed by atoms with van der Waals surface area (Å²) in [6.45, 7) is 3.91. The molecule has 1 atom stereocenters. The largest absolute Gasteiger partial charge is 0.355 e. The number of imidazole rings is 1. The number of aromatic nitrogens is 5. The maximum Gasteiger partial charge on any atom is 0.143 e. The number of nitrogens with one attached hydrogen (secondary N) is 1. The molecular formula is C15H18N6. The fraction of sp³-hybridized carbons (Fsp3) is 0.400. The summed E-state index contributed by atoms with van der Waals surface area (Å²) >= 11 is 0. The van der Waals surface area contributed by atoms with Gasteiger partial charge in [0.2, 0.25) is 0 Å². The average Bonchev–Trinajstić information content (AvgIpc) is 3.16. The molecule has 4 rings (SSSR count). The van der Waals surface area contributed by atoms with E-state index in [9.17, 15) is 0 Å². The molecule has 0 aliphatic carbocycles. The van der Waals surface area contributed by atoms with Gasteiger partial charge in [-0.3, -0.25) is 0 Å². The van der Waals surface area contributed by atoms with Crippen molar-refractivity contribution >= 4 is 16.9 Å². The number of hydrogen-bond acceptors (Lipinski definition) is 4. The first-order chi connectivity index (χ1) is 10.2. The number of anilines is 1. The number of fused-ring (bicyclic) bond motifs is 1. The predicted octanol–water partition coefficient (Wildman–Crippen LogP) is 1.99. The second-order valence-electron chi connectivity index (χ2n) is 5.66. The minimum Gasteiger partial charge on any atom is -0.355 e. The highest BCUT2D eigenvalue weighted by Crippen LogP contribution is 2.32. The highest BCUT2D eigenvalue weighted by Gasteiger charge is 2.28. The van der Waals surface area contributed by atoms with Gasteiger partial charge in [-0.15, -0.1) is 0 Å². The summed E-state index contributed by atoms with van der Waals surface area (Å²) in [6.07, 6.45) is 6.92. The molecule has 3 aromatic heterocycles. The first-order valence-electron chi connectivity index (χ1n) is 7.26. The third-order valence-corrected chi connectivity index (χ3v) is 4.22. The Bertz CT molecular complexity index is 786. The maximum absolute atomic E-state index is 4.66. The third-order valence-electron chi connectivity index (χ3n) is 4.22. The van der Waals surface area contributed by atoms with Crippen molar-refractivity contribution in [3.63, 3.8) is 0 Å². The van der Waals surface area contributed by atoms with Crippen LogP contribution >= 0.6 is 0 Å². The van der Waals surface area contributed by atoms with Gasteiger partial charge in [-0.25, -0.2) is 15.0 Å². The number of nitrogens with zero attached hydrogens (tertiary/aromatic N) is 5. The van der Waals surface area contributed by atoms with Crippen molar-refractivity contribution < 1.29 is 0 Å². The normalized spacial score (nSPS) is 18.8. The van der Waals surface area contributed by atoms with E-state index in [4.69, 9.17) is 0 Å². The zero-order chi connectivity index (χ0) is 14.4. The Hall–Kier alpha value is -2.37. The van der Waals surface area contributed by atoms with E-state index in [1.807, 2.05) is 25.5 Å². The van der Waals surface area contributed by atoms with Crippen molar-refractivity contribution in [3.05, 3.63) is 36.3 Å². The molecule has 0 bridgehead atoms. The van der Waals surface area contributed by atoms with Gasteiger partial charge >= 0.3 is 0 Å². The highest BCUT2D eigenvalue weighted by molar-refractivity contribution is 5.87. The van der Waals surface area contributed by atoms with Crippen LogP contribution in [0.25, 0.3) is 11.0 Å². The van der Waals surface area contributed by atoms with Crippen LogP contribution in [0, 0.1) is 6.92 Å². The molecular weight excluding hydrogens is 264 g/mol. The van der Waals surface area contributed by atoms with Gasteiger partial charge in [0.1, 0.15) is 23.1 Å². The Balaban J connectivity index is 1.68. The van der Waals surface area contributed by atoms with Crippen molar-refractivity contribution in [2.24, 2.45) is 7.05 Å². The van der Waals surface area contributed by atoms with Crippen molar-refractivity contribution in [1.82, 2.24) is 24.5 Å². The average molecular weight is 282 g/mol. The number of rotatable bonds is 2. The van der Waals surface area contributed by atoms with E-state index in [1.165, 1.54) is 0 Å². The predicted molar refractivity (Wildman–Crippen MR) is 81.4 cm³/mol. The first-order valence-corrected chi connectivity index (χ1v) is 7.26. The molecule has 0 amide bonds. The van der Waals surface area contributed by atoms with Crippen LogP contribution < -0.4 is 4.90 Å². The van der Waals surface area contributed by atoms with Crippen LogP contribution in [0.3, 0.4) is 0 Å². The lowest BCUT2D eigenvalue weighted by Gasteiger charge is -2.18.